The molecular weight excluding hydrogens is 362 g/mol. The van der Waals surface area contributed by atoms with Gasteiger partial charge in [-0.15, -0.1) is 0 Å². The summed E-state index contributed by atoms with van der Waals surface area (Å²) in [5.74, 6) is 0.643. The third kappa shape index (κ3) is 5.13. The van der Waals surface area contributed by atoms with E-state index in [1.54, 1.807) is 30.6 Å². The van der Waals surface area contributed by atoms with Crippen LogP contribution in [0.3, 0.4) is 0 Å². The molecule has 1 atom stereocenters. The molecule has 1 unspecified atom stereocenters. The Labute approximate surface area is 165 Å². The van der Waals surface area contributed by atoms with E-state index in [1.807, 2.05) is 24.0 Å². The maximum Gasteiger partial charge on any atom is 0.322 e. The van der Waals surface area contributed by atoms with Gasteiger partial charge in [-0.1, -0.05) is 31.4 Å². The van der Waals surface area contributed by atoms with Gasteiger partial charge >= 0.3 is 6.03 Å². The smallest absolute Gasteiger partial charge is 0.322 e. The lowest BCUT2D eigenvalue weighted by Gasteiger charge is -2.30. The van der Waals surface area contributed by atoms with Gasteiger partial charge in [0.05, 0.1) is 18.3 Å². The molecule has 1 fully saturated rings. The van der Waals surface area contributed by atoms with Crippen LogP contribution in [0, 0.1) is 0 Å². The molecule has 0 bridgehead atoms. The molecule has 0 radical (unpaired) electrons. The second kappa shape index (κ2) is 9.60. The first-order chi connectivity index (χ1) is 13.2. The van der Waals surface area contributed by atoms with Crippen LogP contribution >= 0.6 is 11.6 Å². The molecule has 144 valence electrons. The third-order valence-corrected chi connectivity index (χ3v) is 4.98. The summed E-state index contributed by atoms with van der Waals surface area (Å²) in [6.45, 7) is 3.36. The molecule has 3 rings (SSSR count). The van der Waals surface area contributed by atoms with Gasteiger partial charge in [-0.3, -0.25) is 4.98 Å². The summed E-state index contributed by atoms with van der Waals surface area (Å²) in [5.41, 5.74) is 1.73. The van der Waals surface area contributed by atoms with Gasteiger partial charge in [-0.05, 0) is 55.2 Å². The number of rotatable bonds is 5. The minimum absolute atomic E-state index is 0.0506. The summed E-state index contributed by atoms with van der Waals surface area (Å²) in [6, 6.07) is 9.22. The fourth-order valence-electron chi connectivity index (χ4n) is 3.41. The van der Waals surface area contributed by atoms with Crippen molar-refractivity contribution in [2.45, 2.75) is 45.1 Å². The summed E-state index contributed by atoms with van der Waals surface area (Å²) in [4.78, 5) is 19.2. The third-order valence-electron chi connectivity index (χ3n) is 4.75. The summed E-state index contributed by atoms with van der Waals surface area (Å²) < 4.78 is 5.77. The van der Waals surface area contributed by atoms with E-state index < -0.39 is 0 Å². The van der Waals surface area contributed by atoms with Gasteiger partial charge in [0.1, 0.15) is 5.75 Å². The van der Waals surface area contributed by atoms with Crippen molar-refractivity contribution in [3.05, 3.63) is 53.3 Å². The van der Waals surface area contributed by atoms with Gasteiger partial charge in [0, 0.05) is 24.0 Å². The quantitative estimate of drug-likeness (QED) is 0.718. The van der Waals surface area contributed by atoms with Crippen molar-refractivity contribution < 1.29 is 9.53 Å². The number of nitrogens with zero attached hydrogens (tertiary/aromatic N) is 2. The monoisotopic (exact) mass is 387 g/mol. The van der Waals surface area contributed by atoms with Crippen molar-refractivity contribution >= 4 is 23.3 Å². The zero-order chi connectivity index (χ0) is 19.1. The van der Waals surface area contributed by atoms with Gasteiger partial charge in [0.2, 0.25) is 0 Å². The van der Waals surface area contributed by atoms with Crippen LogP contribution in [0.2, 0.25) is 5.02 Å². The Morgan fingerprint density at radius 1 is 1.26 bits per heavy atom. The van der Waals surface area contributed by atoms with E-state index in [-0.39, 0.29) is 12.1 Å². The lowest BCUT2D eigenvalue weighted by Crippen LogP contribution is -2.38. The molecule has 1 aromatic carbocycles. The molecule has 0 aliphatic carbocycles. The van der Waals surface area contributed by atoms with Crippen LogP contribution < -0.4 is 10.1 Å². The minimum atomic E-state index is -0.123. The Kier molecular flexibility index (Phi) is 6.93. The van der Waals surface area contributed by atoms with Gasteiger partial charge in [-0.25, -0.2) is 4.79 Å². The predicted molar refractivity (Wildman–Crippen MR) is 108 cm³/mol. The van der Waals surface area contributed by atoms with E-state index in [2.05, 4.69) is 10.3 Å². The molecule has 5 nitrogen and oxygen atoms in total. The minimum Gasteiger partial charge on any atom is -0.491 e. The summed E-state index contributed by atoms with van der Waals surface area (Å²) in [7, 11) is 0. The topological polar surface area (TPSA) is 54.5 Å². The molecule has 1 aliphatic rings. The van der Waals surface area contributed by atoms with Crippen LogP contribution in [0.25, 0.3) is 0 Å². The lowest BCUT2D eigenvalue weighted by molar-refractivity contribution is 0.189. The zero-order valence-corrected chi connectivity index (χ0v) is 16.4. The maximum absolute atomic E-state index is 13.1. The molecule has 2 aromatic rings. The van der Waals surface area contributed by atoms with Crippen LogP contribution in [0.1, 0.15) is 50.6 Å². The SMILES string of the molecule is CCCOc1ccc(Cl)cc1NC(=O)N1CCCCCC1c1ccncc1. The lowest BCUT2D eigenvalue weighted by atomic mass is 10.0. The number of ether oxygens (including phenoxy) is 1. The zero-order valence-electron chi connectivity index (χ0n) is 15.7. The first-order valence-corrected chi connectivity index (χ1v) is 9.96. The standard InChI is InChI=1S/C21H26ClN3O2/c1-2-14-27-20-8-7-17(22)15-18(20)24-21(26)25-13-5-3-4-6-19(25)16-9-11-23-12-10-16/h7-12,15,19H,2-6,13-14H2,1H3,(H,24,26). The number of aromatic nitrogens is 1. The Bertz CT molecular complexity index is 754. The molecule has 1 aromatic heterocycles. The second-order valence-electron chi connectivity index (χ2n) is 6.76. The number of anilines is 1. The highest BCUT2D eigenvalue weighted by atomic mass is 35.5. The first-order valence-electron chi connectivity index (χ1n) is 9.59. The van der Waals surface area contributed by atoms with E-state index in [0.29, 0.717) is 23.1 Å². The summed E-state index contributed by atoms with van der Waals surface area (Å²) in [5, 5.41) is 3.58. The highest BCUT2D eigenvalue weighted by Crippen LogP contribution is 2.32. The van der Waals surface area contributed by atoms with Crippen LogP contribution in [0.15, 0.2) is 42.7 Å². The van der Waals surface area contributed by atoms with E-state index in [1.165, 1.54) is 0 Å². The molecule has 0 saturated carbocycles. The maximum atomic E-state index is 13.1. The van der Waals surface area contributed by atoms with E-state index in [9.17, 15) is 4.79 Å². The second-order valence-corrected chi connectivity index (χ2v) is 7.19. The van der Waals surface area contributed by atoms with Crippen LogP contribution in [0.5, 0.6) is 5.75 Å². The molecule has 2 amide bonds. The average molecular weight is 388 g/mol. The number of hydrogen-bond donors (Lipinski definition) is 1. The van der Waals surface area contributed by atoms with Gasteiger partial charge < -0.3 is 15.0 Å². The number of benzene rings is 1. The van der Waals surface area contributed by atoms with E-state index in [0.717, 1.165) is 44.2 Å². The number of carbonyl (C=O) groups excluding carboxylic acids is 1. The predicted octanol–water partition coefficient (Wildman–Crippen LogP) is 5.67. The number of nitrogens with one attached hydrogen (secondary N) is 1. The van der Waals surface area contributed by atoms with Crippen LogP contribution in [-0.2, 0) is 0 Å². The van der Waals surface area contributed by atoms with Crippen molar-refractivity contribution in [2.24, 2.45) is 0 Å². The van der Waals surface area contributed by atoms with Crippen molar-refractivity contribution in [1.29, 1.82) is 0 Å². The average Bonchev–Trinajstić information content (AvgIpc) is 2.94. The highest BCUT2D eigenvalue weighted by molar-refractivity contribution is 6.31. The molecule has 0 spiro atoms. The number of urea groups is 1. The highest BCUT2D eigenvalue weighted by Gasteiger charge is 2.27. The summed E-state index contributed by atoms with van der Waals surface area (Å²) in [6.07, 6.45) is 8.66. The van der Waals surface area contributed by atoms with Crippen molar-refractivity contribution in [3.63, 3.8) is 0 Å². The fraction of sp³-hybridized carbons (Fsp3) is 0.429. The van der Waals surface area contributed by atoms with Crippen molar-refractivity contribution in [3.8, 4) is 5.75 Å². The van der Waals surface area contributed by atoms with Gasteiger partial charge in [0.15, 0.2) is 0 Å². The fourth-order valence-corrected chi connectivity index (χ4v) is 3.58. The first kappa shape index (κ1) is 19.5. The molecule has 1 N–H and O–H groups in total. The molecule has 1 aliphatic heterocycles. The number of halogens is 1. The van der Waals surface area contributed by atoms with Gasteiger partial charge in [0.25, 0.3) is 0 Å². The Morgan fingerprint density at radius 3 is 2.85 bits per heavy atom. The number of pyridine rings is 1. The molecule has 6 heteroatoms. The molecule has 2 heterocycles. The van der Waals surface area contributed by atoms with E-state index >= 15 is 0 Å². The Morgan fingerprint density at radius 2 is 2.07 bits per heavy atom. The number of carbonyl (C=O) groups is 1. The van der Waals surface area contributed by atoms with Crippen LogP contribution in [-0.4, -0.2) is 29.1 Å². The number of hydrogen-bond acceptors (Lipinski definition) is 3. The van der Waals surface area contributed by atoms with Crippen LogP contribution in [0.4, 0.5) is 10.5 Å². The largest absolute Gasteiger partial charge is 0.491 e. The summed E-state index contributed by atoms with van der Waals surface area (Å²) >= 11 is 6.14. The molecular formula is C21H26ClN3O2. The molecule has 1 saturated heterocycles. The van der Waals surface area contributed by atoms with Crippen molar-refractivity contribution in [1.82, 2.24) is 9.88 Å². The number of amides is 2. The number of likely N-dealkylation sites (tertiary alicyclic amines) is 1. The Hall–Kier alpha value is -2.27. The van der Waals surface area contributed by atoms with Crippen molar-refractivity contribution in [2.75, 3.05) is 18.5 Å². The normalized spacial score (nSPS) is 17.3. The molecule has 27 heavy (non-hydrogen) atoms. The van der Waals surface area contributed by atoms with E-state index in [4.69, 9.17) is 16.3 Å². The van der Waals surface area contributed by atoms with Gasteiger partial charge in [-0.2, -0.15) is 0 Å². The Balaban J connectivity index is 1.82.